The van der Waals surface area contributed by atoms with Crippen LogP contribution in [0.5, 0.6) is 0 Å². The average Bonchev–Trinajstić information content (AvgIpc) is 3.20. The van der Waals surface area contributed by atoms with Gasteiger partial charge in [0.2, 0.25) is 11.8 Å². The molecule has 0 aromatic heterocycles. The number of hydrogen-bond donors (Lipinski definition) is 6. The number of aliphatic hydroxyl groups is 3. The highest BCUT2D eigenvalue weighted by atomic mass is 32.2. The van der Waals surface area contributed by atoms with Crippen LogP contribution in [0.1, 0.15) is 78.6 Å². The summed E-state index contributed by atoms with van der Waals surface area (Å²) < 4.78 is 30.2. The fourth-order valence-electron chi connectivity index (χ4n) is 9.34. The Labute approximate surface area is 232 Å². The Hall–Kier alpha value is -1.27. The van der Waals surface area contributed by atoms with Crippen molar-refractivity contribution in [1.82, 2.24) is 10.6 Å². The quantitative estimate of drug-likeness (QED) is 0.225. The van der Waals surface area contributed by atoms with E-state index >= 15 is 0 Å². The molecular weight excluding hydrogens is 524 g/mol. The Morgan fingerprint density at radius 2 is 1.69 bits per heavy atom. The van der Waals surface area contributed by atoms with Crippen molar-refractivity contribution in [3.8, 4) is 0 Å². The van der Waals surface area contributed by atoms with E-state index in [2.05, 4.69) is 31.4 Å². The molecule has 0 spiro atoms. The Balaban J connectivity index is 1.33. The van der Waals surface area contributed by atoms with Crippen molar-refractivity contribution in [2.75, 3.05) is 18.8 Å². The molecule has 0 heterocycles. The molecule has 0 aromatic carbocycles. The first-order valence-corrected chi connectivity index (χ1v) is 16.3. The number of nitrogens with one attached hydrogen (secondary N) is 2. The zero-order valence-electron chi connectivity index (χ0n) is 23.5. The molecule has 224 valence electrons. The zero-order valence-corrected chi connectivity index (χ0v) is 24.3. The third kappa shape index (κ3) is 6.17. The van der Waals surface area contributed by atoms with E-state index in [0.717, 1.165) is 38.5 Å². The van der Waals surface area contributed by atoms with Crippen LogP contribution in [0.25, 0.3) is 0 Å². The van der Waals surface area contributed by atoms with E-state index in [4.69, 9.17) is 4.55 Å². The van der Waals surface area contributed by atoms with Gasteiger partial charge in [0.25, 0.3) is 10.1 Å². The van der Waals surface area contributed by atoms with E-state index in [1.807, 2.05) is 0 Å². The first kappa shape index (κ1) is 30.7. The minimum absolute atomic E-state index is 0.0336. The second-order valence-electron chi connectivity index (χ2n) is 13.5. The number of amides is 2. The van der Waals surface area contributed by atoms with Gasteiger partial charge in [-0.1, -0.05) is 20.8 Å². The van der Waals surface area contributed by atoms with Crippen molar-refractivity contribution in [3.05, 3.63) is 0 Å². The van der Waals surface area contributed by atoms with Crippen LogP contribution in [0.15, 0.2) is 0 Å². The van der Waals surface area contributed by atoms with Crippen LogP contribution in [0.3, 0.4) is 0 Å². The van der Waals surface area contributed by atoms with Crippen molar-refractivity contribution < 1.29 is 37.9 Å². The summed E-state index contributed by atoms with van der Waals surface area (Å²) >= 11 is 0. The lowest BCUT2D eigenvalue weighted by molar-refractivity contribution is -0.207. The number of fused-ring (bicyclic) bond motifs is 5. The number of carbonyl (C=O) groups is 2. The van der Waals surface area contributed by atoms with Crippen LogP contribution in [0, 0.1) is 46.3 Å². The van der Waals surface area contributed by atoms with Crippen LogP contribution < -0.4 is 10.6 Å². The predicted octanol–water partition coefficient (Wildman–Crippen LogP) is 1.48. The minimum Gasteiger partial charge on any atom is -0.393 e. The van der Waals surface area contributed by atoms with Crippen LogP contribution in [0.2, 0.25) is 0 Å². The molecule has 4 fully saturated rings. The zero-order chi connectivity index (χ0) is 28.8. The summed E-state index contributed by atoms with van der Waals surface area (Å²) in [6.45, 7) is 6.15. The van der Waals surface area contributed by atoms with Gasteiger partial charge in [-0.2, -0.15) is 8.42 Å². The Morgan fingerprint density at radius 1 is 0.974 bits per heavy atom. The number of hydrogen-bond acceptors (Lipinski definition) is 7. The molecule has 0 saturated heterocycles. The van der Waals surface area contributed by atoms with Gasteiger partial charge in [-0.05, 0) is 97.7 Å². The molecule has 0 radical (unpaired) electrons. The molecule has 11 atom stereocenters. The van der Waals surface area contributed by atoms with Gasteiger partial charge in [-0.15, -0.1) is 0 Å². The second-order valence-corrected chi connectivity index (χ2v) is 15.0. The van der Waals surface area contributed by atoms with Crippen LogP contribution in [-0.4, -0.2) is 77.3 Å². The van der Waals surface area contributed by atoms with Crippen LogP contribution in [-0.2, 0) is 19.7 Å². The maximum absolute atomic E-state index is 12.4. The van der Waals surface area contributed by atoms with Gasteiger partial charge in [0.1, 0.15) is 0 Å². The normalized spacial score (nSPS) is 42.5. The average molecular weight is 573 g/mol. The Morgan fingerprint density at radius 3 is 2.38 bits per heavy atom. The largest absolute Gasteiger partial charge is 0.393 e. The van der Waals surface area contributed by atoms with Crippen molar-refractivity contribution in [3.63, 3.8) is 0 Å². The summed E-state index contributed by atoms with van der Waals surface area (Å²) in [7, 11) is -4.16. The van der Waals surface area contributed by atoms with E-state index in [0.29, 0.717) is 12.8 Å². The van der Waals surface area contributed by atoms with E-state index < -0.39 is 34.0 Å². The molecule has 4 aliphatic carbocycles. The summed E-state index contributed by atoms with van der Waals surface area (Å²) in [5.74, 6) is -0.0801. The van der Waals surface area contributed by atoms with E-state index in [9.17, 15) is 33.3 Å². The summed E-state index contributed by atoms with van der Waals surface area (Å²) in [5, 5.41) is 38.3. The summed E-state index contributed by atoms with van der Waals surface area (Å²) in [4.78, 5) is 24.2. The van der Waals surface area contributed by atoms with Gasteiger partial charge in [-0.25, -0.2) is 0 Å². The van der Waals surface area contributed by atoms with Gasteiger partial charge in [0.15, 0.2) is 0 Å². The van der Waals surface area contributed by atoms with Crippen LogP contribution in [0.4, 0.5) is 0 Å². The molecular formula is C28H48N2O8S. The first-order chi connectivity index (χ1) is 18.2. The second kappa shape index (κ2) is 11.5. The van der Waals surface area contributed by atoms with Crippen LogP contribution >= 0.6 is 0 Å². The maximum Gasteiger partial charge on any atom is 0.266 e. The van der Waals surface area contributed by atoms with Crippen molar-refractivity contribution in [2.45, 2.75) is 96.9 Å². The summed E-state index contributed by atoms with van der Waals surface area (Å²) in [6, 6.07) is 0. The van der Waals surface area contributed by atoms with Gasteiger partial charge in [-0.3, -0.25) is 14.1 Å². The predicted molar refractivity (Wildman–Crippen MR) is 145 cm³/mol. The molecule has 4 aliphatic rings. The number of aliphatic hydroxyl groups excluding tert-OH is 3. The lowest BCUT2D eigenvalue weighted by Gasteiger charge is -2.63. The fourth-order valence-corrected chi connectivity index (χ4v) is 9.70. The number of carbonyl (C=O) groups excluding carboxylic acids is 2. The molecule has 10 nitrogen and oxygen atoms in total. The molecule has 0 aromatic rings. The molecule has 9 unspecified atom stereocenters. The van der Waals surface area contributed by atoms with Gasteiger partial charge >= 0.3 is 0 Å². The highest BCUT2D eigenvalue weighted by molar-refractivity contribution is 7.85. The summed E-state index contributed by atoms with van der Waals surface area (Å²) in [5.41, 5.74) is -0.297. The van der Waals surface area contributed by atoms with Crippen molar-refractivity contribution in [1.29, 1.82) is 0 Å². The highest BCUT2D eigenvalue weighted by Crippen LogP contribution is 2.68. The minimum atomic E-state index is -4.16. The molecule has 2 amide bonds. The Bertz CT molecular complexity index is 1020. The SMILES string of the molecule is CC(CCC(=O)NCC(=O)NCCS(=O)(=O)O)C1CCC2C3C(O)CC4CC(O)CC[C@]4(C)C3CC(O)[C@]12C. The molecule has 11 heteroatoms. The number of rotatable bonds is 9. The van der Waals surface area contributed by atoms with Gasteiger partial charge in [0, 0.05) is 13.0 Å². The lowest BCUT2D eigenvalue weighted by Crippen LogP contribution is -2.62. The van der Waals surface area contributed by atoms with E-state index in [1.54, 1.807) is 0 Å². The molecule has 4 rings (SSSR count). The summed E-state index contributed by atoms with van der Waals surface area (Å²) in [6.07, 6.45) is 5.44. The molecule has 6 N–H and O–H groups in total. The smallest absolute Gasteiger partial charge is 0.266 e. The maximum atomic E-state index is 12.4. The van der Waals surface area contributed by atoms with Gasteiger partial charge < -0.3 is 26.0 Å². The molecule has 39 heavy (non-hydrogen) atoms. The standard InChI is InChI=1S/C28H48N2O8S/c1-16(4-7-24(34)30-15-25(35)29-10-11-39(36,37)38)19-5-6-20-26-21(14-23(33)28(19,20)3)27(2)9-8-18(31)12-17(27)13-22(26)32/h16-23,26,31-33H,4-15H2,1-3H3,(H,29,35)(H,30,34)(H,36,37,38)/t16?,17?,18?,19?,20?,21?,22?,23?,26?,27-,28+/m0/s1. The third-order valence-electron chi connectivity index (χ3n) is 11.5. The molecule has 4 saturated carbocycles. The van der Waals surface area contributed by atoms with Gasteiger partial charge in [0.05, 0.1) is 30.6 Å². The fraction of sp³-hybridized carbons (Fsp3) is 0.929. The lowest BCUT2D eigenvalue weighted by atomic mass is 9.43. The molecule has 0 bridgehead atoms. The topological polar surface area (TPSA) is 173 Å². The monoisotopic (exact) mass is 572 g/mol. The van der Waals surface area contributed by atoms with E-state index in [1.165, 1.54) is 0 Å². The van der Waals surface area contributed by atoms with Crippen molar-refractivity contribution >= 4 is 21.9 Å². The highest BCUT2D eigenvalue weighted by Gasteiger charge is 2.65. The van der Waals surface area contributed by atoms with E-state index in [-0.39, 0.29) is 77.9 Å². The molecule has 0 aliphatic heterocycles. The third-order valence-corrected chi connectivity index (χ3v) is 12.2. The van der Waals surface area contributed by atoms with Crippen molar-refractivity contribution in [2.24, 2.45) is 46.3 Å². The Kier molecular flexibility index (Phi) is 9.08. The first-order valence-electron chi connectivity index (χ1n) is 14.7.